The first-order valence-corrected chi connectivity index (χ1v) is 10.5. The highest BCUT2D eigenvalue weighted by Gasteiger charge is 2.33. The molecule has 0 aliphatic heterocycles. The molecule has 0 aliphatic carbocycles. The van der Waals surface area contributed by atoms with Gasteiger partial charge in [-0.1, -0.05) is 6.07 Å². The van der Waals surface area contributed by atoms with Crippen LogP contribution in [-0.4, -0.2) is 37.7 Å². The van der Waals surface area contributed by atoms with E-state index in [4.69, 9.17) is 9.47 Å². The number of nitrogens with zero attached hydrogens (tertiary/aromatic N) is 2. The zero-order chi connectivity index (χ0) is 22.1. The lowest BCUT2D eigenvalue weighted by Crippen LogP contribution is -2.39. The van der Waals surface area contributed by atoms with Crippen LogP contribution in [0.15, 0.2) is 28.6 Å². The van der Waals surface area contributed by atoms with Gasteiger partial charge in [0.2, 0.25) is 0 Å². The van der Waals surface area contributed by atoms with E-state index in [1.165, 1.54) is 0 Å². The summed E-state index contributed by atoms with van der Waals surface area (Å²) >= 11 is 1.00. The number of nitrogens with one attached hydrogen (secondary N) is 2. The summed E-state index contributed by atoms with van der Waals surface area (Å²) in [6.07, 6.45) is -4.04. The van der Waals surface area contributed by atoms with Gasteiger partial charge in [-0.25, -0.2) is 4.98 Å². The summed E-state index contributed by atoms with van der Waals surface area (Å²) in [5.41, 5.74) is 0.138. The number of guanidine groups is 1. The van der Waals surface area contributed by atoms with Crippen molar-refractivity contribution in [1.82, 2.24) is 15.6 Å². The van der Waals surface area contributed by atoms with Gasteiger partial charge in [0, 0.05) is 25.4 Å². The summed E-state index contributed by atoms with van der Waals surface area (Å²) in [4.78, 5) is 7.81. The summed E-state index contributed by atoms with van der Waals surface area (Å²) in [7, 11) is 1.64. The molecular formula is C20H27F3N4O2S. The van der Waals surface area contributed by atoms with Crippen LogP contribution in [0, 0.1) is 0 Å². The third-order valence-electron chi connectivity index (χ3n) is 4.12. The van der Waals surface area contributed by atoms with E-state index in [-0.39, 0.29) is 6.04 Å². The predicted octanol–water partition coefficient (Wildman–Crippen LogP) is 4.43. The van der Waals surface area contributed by atoms with Crippen molar-refractivity contribution >= 4 is 17.3 Å². The summed E-state index contributed by atoms with van der Waals surface area (Å²) in [5.74, 6) is 1.92. The third-order valence-corrected chi connectivity index (χ3v) is 5.03. The summed E-state index contributed by atoms with van der Waals surface area (Å²) in [6, 6.07) is 5.67. The lowest BCUT2D eigenvalue weighted by molar-refractivity contribution is -0.140. The first-order chi connectivity index (χ1) is 14.3. The van der Waals surface area contributed by atoms with E-state index in [0.29, 0.717) is 48.6 Å². The molecule has 1 unspecified atom stereocenters. The molecule has 1 heterocycles. The van der Waals surface area contributed by atoms with Crippen molar-refractivity contribution in [3.8, 4) is 11.5 Å². The number of aromatic nitrogens is 1. The van der Waals surface area contributed by atoms with Crippen LogP contribution in [0.3, 0.4) is 0 Å². The van der Waals surface area contributed by atoms with Crippen LogP contribution in [0.1, 0.15) is 43.1 Å². The van der Waals surface area contributed by atoms with Crippen molar-refractivity contribution in [3.63, 3.8) is 0 Å². The Labute approximate surface area is 178 Å². The number of halogens is 3. The minimum Gasteiger partial charge on any atom is -0.490 e. The average molecular weight is 445 g/mol. The molecule has 1 atom stereocenters. The van der Waals surface area contributed by atoms with Gasteiger partial charge in [0.1, 0.15) is 0 Å². The Morgan fingerprint density at radius 3 is 2.50 bits per heavy atom. The van der Waals surface area contributed by atoms with Crippen LogP contribution in [0.4, 0.5) is 13.2 Å². The van der Waals surface area contributed by atoms with Crippen molar-refractivity contribution in [3.05, 3.63) is 39.8 Å². The Morgan fingerprint density at radius 1 is 1.20 bits per heavy atom. The fraction of sp³-hybridized carbons (Fsp3) is 0.500. The van der Waals surface area contributed by atoms with E-state index in [1.807, 2.05) is 39.0 Å². The quantitative estimate of drug-likeness (QED) is 0.443. The van der Waals surface area contributed by atoms with Gasteiger partial charge in [0.15, 0.2) is 23.2 Å². The largest absolute Gasteiger partial charge is 0.490 e. The molecule has 0 radical (unpaired) electrons. The summed E-state index contributed by atoms with van der Waals surface area (Å²) < 4.78 is 49.2. The number of alkyl halides is 3. The number of hydrogen-bond donors (Lipinski definition) is 2. The summed E-state index contributed by atoms with van der Waals surface area (Å²) in [6.45, 7) is 7.29. The van der Waals surface area contributed by atoms with Crippen LogP contribution >= 0.6 is 11.3 Å². The van der Waals surface area contributed by atoms with E-state index in [1.54, 1.807) is 7.05 Å². The normalized spacial score (nSPS) is 13.1. The van der Waals surface area contributed by atoms with Gasteiger partial charge in [-0.05, 0) is 38.5 Å². The summed E-state index contributed by atoms with van der Waals surface area (Å²) in [5, 5.41) is 7.83. The molecule has 30 heavy (non-hydrogen) atoms. The van der Waals surface area contributed by atoms with Crippen molar-refractivity contribution in [2.75, 3.05) is 26.8 Å². The van der Waals surface area contributed by atoms with Crippen LogP contribution in [0.25, 0.3) is 0 Å². The van der Waals surface area contributed by atoms with Gasteiger partial charge in [-0.3, -0.25) is 4.99 Å². The lowest BCUT2D eigenvalue weighted by atomic mass is 10.1. The second-order valence-corrected chi connectivity index (χ2v) is 7.25. The molecule has 1 aromatic carbocycles. The van der Waals surface area contributed by atoms with E-state index in [9.17, 15) is 13.2 Å². The standard InChI is InChI=1S/C20H27F3N4O2S/c1-5-28-15-8-7-14(11-16(15)29-6-2)13(3)26-19(24-4)25-10-9-18-27-17(12-30-18)20(21,22)23/h7-8,11-13H,5-6,9-10H2,1-4H3,(H2,24,25,26). The Morgan fingerprint density at radius 2 is 1.90 bits per heavy atom. The number of aliphatic imine (C=N–C) groups is 1. The van der Waals surface area contributed by atoms with Gasteiger partial charge in [-0.15, -0.1) is 11.3 Å². The molecule has 0 fully saturated rings. The van der Waals surface area contributed by atoms with Gasteiger partial charge in [0.25, 0.3) is 0 Å². The first-order valence-electron chi connectivity index (χ1n) is 9.66. The highest BCUT2D eigenvalue weighted by atomic mass is 32.1. The molecule has 0 spiro atoms. The van der Waals surface area contributed by atoms with Gasteiger partial charge < -0.3 is 20.1 Å². The van der Waals surface area contributed by atoms with Gasteiger partial charge >= 0.3 is 6.18 Å². The molecule has 0 saturated heterocycles. The third kappa shape index (κ3) is 6.79. The number of thiazole rings is 1. The van der Waals surface area contributed by atoms with E-state index < -0.39 is 11.9 Å². The SMILES string of the molecule is CCOc1ccc(C(C)NC(=NC)NCCc2nc(C(F)(F)F)cs2)cc1OCC. The molecule has 6 nitrogen and oxygen atoms in total. The van der Waals surface area contributed by atoms with Crippen molar-refractivity contribution < 1.29 is 22.6 Å². The van der Waals surface area contributed by atoms with Crippen LogP contribution in [0.2, 0.25) is 0 Å². The molecule has 0 bridgehead atoms. The number of hydrogen-bond acceptors (Lipinski definition) is 5. The second kappa shape index (κ2) is 11.1. The number of benzene rings is 1. The maximum Gasteiger partial charge on any atom is 0.434 e. The molecule has 10 heteroatoms. The Kier molecular flexibility index (Phi) is 8.76. The fourth-order valence-electron chi connectivity index (χ4n) is 2.66. The van der Waals surface area contributed by atoms with Crippen LogP contribution in [-0.2, 0) is 12.6 Å². The molecule has 2 rings (SSSR count). The molecule has 1 aromatic heterocycles. The number of rotatable bonds is 9. The van der Waals surface area contributed by atoms with Crippen LogP contribution < -0.4 is 20.1 Å². The topological polar surface area (TPSA) is 67.8 Å². The first kappa shape index (κ1) is 23.8. The Balaban J connectivity index is 1.93. The van der Waals surface area contributed by atoms with Crippen molar-refractivity contribution in [1.29, 1.82) is 0 Å². The van der Waals surface area contributed by atoms with E-state index in [2.05, 4.69) is 20.6 Å². The lowest BCUT2D eigenvalue weighted by Gasteiger charge is -2.20. The Hall–Kier alpha value is -2.49. The molecule has 166 valence electrons. The molecule has 2 N–H and O–H groups in total. The Bertz CT molecular complexity index is 840. The van der Waals surface area contributed by atoms with Crippen molar-refractivity contribution in [2.24, 2.45) is 4.99 Å². The highest BCUT2D eigenvalue weighted by molar-refractivity contribution is 7.09. The maximum atomic E-state index is 12.6. The average Bonchev–Trinajstić information content (AvgIpc) is 3.18. The monoisotopic (exact) mass is 444 g/mol. The highest BCUT2D eigenvalue weighted by Crippen LogP contribution is 2.31. The smallest absolute Gasteiger partial charge is 0.434 e. The minimum absolute atomic E-state index is 0.0808. The van der Waals surface area contributed by atoms with E-state index >= 15 is 0 Å². The van der Waals surface area contributed by atoms with E-state index in [0.717, 1.165) is 22.3 Å². The van der Waals surface area contributed by atoms with Crippen LogP contribution in [0.5, 0.6) is 11.5 Å². The zero-order valence-corrected chi connectivity index (χ0v) is 18.3. The van der Waals surface area contributed by atoms with Crippen molar-refractivity contribution in [2.45, 2.75) is 39.4 Å². The molecule has 2 aromatic rings. The molecule has 0 saturated carbocycles. The zero-order valence-electron chi connectivity index (χ0n) is 17.5. The molecule has 0 aliphatic rings. The molecular weight excluding hydrogens is 417 g/mol. The maximum absolute atomic E-state index is 12.6. The van der Waals surface area contributed by atoms with Gasteiger partial charge in [-0.2, -0.15) is 13.2 Å². The molecule has 0 amide bonds. The van der Waals surface area contributed by atoms with Gasteiger partial charge in [0.05, 0.1) is 24.3 Å². The predicted molar refractivity (Wildman–Crippen MR) is 113 cm³/mol. The fourth-order valence-corrected chi connectivity index (χ4v) is 3.47. The second-order valence-electron chi connectivity index (χ2n) is 6.31. The minimum atomic E-state index is -4.41. The number of ether oxygens (including phenoxy) is 2.